The molecule has 6 atom stereocenters. The Bertz CT molecular complexity index is 691. The number of nitrogens with one attached hydrogen (secondary N) is 2. The molecule has 2 saturated carbocycles. The highest BCUT2D eigenvalue weighted by atomic mass is 16.8. The highest BCUT2D eigenvalue weighted by Gasteiger charge is 2.64. The van der Waals surface area contributed by atoms with Crippen LogP contribution in [0.25, 0.3) is 0 Å². The molecule has 0 aliphatic heterocycles. The fourth-order valence-corrected chi connectivity index (χ4v) is 4.16. The minimum Gasteiger partial charge on any atom is -0.595 e. The van der Waals surface area contributed by atoms with Crippen LogP contribution in [0, 0.1) is 27.7 Å². The van der Waals surface area contributed by atoms with E-state index in [4.69, 9.17) is 15.2 Å². The average Bonchev–Trinajstić information content (AvgIpc) is 3.05. The summed E-state index contributed by atoms with van der Waals surface area (Å²) in [7, 11) is 0. The summed E-state index contributed by atoms with van der Waals surface area (Å²) in [5.74, 6) is -0.0837. The molecular weight excluding hydrogens is 344 g/mol. The van der Waals surface area contributed by atoms with Gasteiger partial charge in [0, 0.05) is 12.1 Å². The zero-order chi connectivity index (χ0) is 19.4. The van der Waals surface area contributed by atoms with Crippen molar-refractivity contribution in [1.29, 1.82) is 0 Å². The third-order valence-electron chi connectivity index (χ3n) is 5.99. The van der Waals surface area contributed by atoms with Crippen LogP contribution in [0.15, 0.2) is 18.2 Å². The highest BCUT2D eigenvalue weighted by molar-refractivity contribution is 5.91. The number of aliphatic hydroxyl groups is 1. The Balaban J connectivity index is 1.81. The number of carbonyl (C=O) groups excluding carboxylic acids is 1. The van der Waals surface area contributed by atoms with Gasteiger partial charge in [0.1, 0.15) is 6.10 Å². The van der Waals surface area contributed by atoms with Crippen molar-refractivity contribution in [2.75, 3.05) is 0 Å². The van der Waals surface area contributed by atoms with Crippen molar-refractivity contribution in [1.82, 2.24) is 0 Å². The van der Waals surface area contributed by atoms with E-state index in [0.717, 1.165) is 18.2 Å². The second-order valence-corrected chi connectivity index (χ2v) is 8.13. The predicted octanol–water partition coefficient (Wildman–Crippen LogP) is -0.164. The minimum absolute atomic E-state index is 0.102. The van der Waals surface area contributed by atoms with Crippen LogP contribution in [0.5, 0.6) is 0 Å². The molecule has 2 unspecified atom stereocenters. The van der Waals surface area contributed by atoms with Gasteiger partial charge in [-0.15, -0.1) is 0 Å². The lowest BCUT2D eigenvalue weighted by Gasteiger charge is -2.36. The molecule has 1 aromatic carbocycles. The number of rotatable bonds is 4. The fraction of sp³-hybridized carbons (Fsp3) is 0.588. The molecule has 3 rings (SSSR count). The summed E-state index contributed by atoms with van der Waals surface area (Å²) in [5, 5.41) is 48.6. The number of benzene rings is 1. The summed E-state index contributed by atoms with van der Waals surface area (Å²) >= 11 is 0. The summed E-state index contributed by atoms with van der Waals surface area (Å²) in [4.78, 5) is 12.5. The quantitative estimate of drug-likeness (QED) is 0.367. The molecule has 9 nitrogen and oxygen atoms in total. The van der Waals surface area contributed by atoms with E-state index in [-0.39, 0.29) is 22.4 Å². The fourth-order valence-electron chi connectivity index (χ4n) is 4.16. The lowest BCUT2D eigenvalue weighted by molar-refractivity contribution is -0.996. The molecule has 2 aliphatic rings. The van der Waals surface area contributed by atoms with Gasteiger partial charge >= 0.3 is 5.97 Å². The number of hydrogen-bond donors (Lipinski definition) is 5. The third-order valence-corrected chi connectivity index (χ3v) is 5.99. The number of quaternary nitrogens is 2. The van der Waals surface area contributed by atoms with Gasteiger partial charge in [0.05, 0.1) is 17.2 Å². The minimum atomic E-state index is -1.34. The van der Waals surface area contributed by atoms with Crippen molar-refractivity contribution in [3.8, 4) is 0 Å². The van der Waals surface area contributed by atoms with E-state index in [1.807, 2.05) is 0 Å². The molecule has 0 spiro atoms. The lowest BCUT2D eigenvalue weighted by atomic mass is 9.83. The first-order valence-electron chi connectivity index (χ1n) is 8.48. The van der Waals surface area contributed by atoms with E-state index < -0.39 is 28.1 Å². The zero-order valence-corrected chi connectivity index (χ0v) is 14.9. The Morgan fingerprint density at radius 1 is 1.12 bits per heavy atom. The first kappa shape index (κ1) is 19.2. The second kappa shape index (κ2) is 6.24. The van der Waals surface area contributed by atoms with Gasteiger partial charge in [-0.1, -0.05) is 13.8 Å². The summed E-state index contributed by atoms with van der Waals surface area (Å²) < 4.78 is 5.48. The lowest BCUT2D eigenvalue weighted by Crippen LogP contribution is -3.00. The number of ether oxygens (including phenoxy) is 1. The summed E-state index contributed by atoms with van der Waals surface area (Å²) in [6.07, 6.45) is 0.332. The molecule has 2 fully saturated rings. The van der Waals surface area contributed by atoms with Crippen LogP contribution >= 0.6 is 0 Å². The molecule has 2 aliphatic carbocycles. The van der Waals surface area contributed by atoms with Crippen molar-refractivity contribution in [3.63, 3.8) is 0 Å². The Hall–Kier alpha value is -1.59. The summed E-state index contributed by atoms with van der Waals surface area (Å²) in [6, 6.07) is 3.15. The standard InChI is InChI=1S/C17H24N2O7/c1-16(2)12-7-14(17(3,21)8-13(12)16)26-15(20)9-4-10(18(22)23)6-11(5-9)19(24)25/h4-6,12-14,18-19,21-22,24H,7-8H2,1-3H3/t12-,13-,14+,17+/m0/s1. The van der Waals surface area contributed by atoms with Crippen LogP contribution in [-0.4, -0.2) is 33.2 Å². The van der Waals surface area contributed by atoms with Gasteiger partial charge in [-0.05, 0) is 37.0 Å². The van der Waals surface area contributed by atoms with E-state index >= 15 is 0 Å². The Kier molecular flexibility index (Phi) is 4.60. The number of esters is 1. The Morgan fingerprint density at radius 2 is 1.65 bits per heavy atom. The topological polar surface area (TPSA) is 142 Å². The number of carbonyl (C=O) groups is 1. The monoisotopic (exact) mass is 368 g/mol. The van der Waals surface area contributed by atoms with Gasteiger partial charge in [0.2, 0.25) is 0 Å². The SMILES string of the molecule is CC1(C)[C@H]2C[C@@H](OC(=O)c3cc([NH+]([O-])O)cc([NH+]([O-])O)c3)[C@](C)(O)C[C@@H]21. The van der Waals surface area contributed by atoms with Crippen molar-refractivity contribution in [2.45, 2.75) is 45.3 Å². The van der Waals surface area contributed by atoms with Gasteiger partial charge in [-0.2, -0.15) is 10.5 Å². The van der Waals surface area contributed by atoms with E-state index in [0.29, 0.717) is 24.7 Å². The first-order chi connectivity index (χ1) is 11.9. The molecule has 0 radical (unpaired) electrons. The van der Waals surface area contributed by atoms with Gasteiger partial charge in [-0.25, -0.2) is 15.2 Å². The number of hydrogen-bond acceptors (Lipinski definition) is 7. The molecule has 5 N–H and O–H groups in total. The number of fused-ring (bicyclic) bond motifs is 1. The normalized spacial score (nSPS) is 34.5. The van der Waals surface area contributed by atoms with E-state index in [2.05, 4.69) is 13.8 Å². The maximum atomic E-state index is 12.5. The van der Waals surface area contributed by atoms with Gasteiger partial charge < -0.3 is 20.3 Å². The van der Waals surface area contributed by atoms with E-state index in [1.165, 1.54) is 0 Å². The molecule has 0 amide bonds. The Labute approximate surface area is 150 Å². The van der Waals surface area contributed by atoms with Gasteiger partial charge in [0.25, 0.3) is 0 Å². The Morgan fingerprint density at radius 3 is 2.15 bits per heavy atom. The van der Waals surface area contributed by atoms with E-state index in [9.17, 15) is 20.3 Å². The van der Waals surface area contributed by atoms with Crippen molar-refractivity contribution >= 4 is 17.3 Å². The van der Waals surface area contributed by atoms with E-state index in [1.54, 1.807) is 6.92 Å². The first-order valence-corrected chi connectivity index (χ1v) is 8.48. The van der Waals surface area contributed by atoms with Crippen LogP contribution in [0.2, 0.25) is 0 Å². The van der Waals surface area contributed by atoms with Crippen LogP contribution in [0.3, 0.4) is 0 Å². The molecule has 144 valence electrons. The summed E-state index contributed by atoms with van der Waals surface area (Å²) in [6.45, 7) is 5.88. The molecular formula is C17H24N2O7. The largest absolute Gasteiger partial charge is 0.595 e. The second-order valence-electron chi connectivity index (χ2n) is 8.13. The van der Waals surface area contributed by atoms with Gasteiger partial charge in [0.15, 0.2) is 11.4 Å². The zero-order valence-electron chi connectivity index (χ0n) is 14.9. The third kappa shape index (κ3) is 3.35. The molecule has 0 saturated heterocycles. The predicted molar refractivity (Wildman–Crippen MR) is 87.8 cm³/mol. The van der Waals surface area contributed by atoms with Crippen LogP contribution < -0.4 is 10.5 Å². The molecule has 0 heterocycles. The smallest absolute Gasteiger partial charge is 0.338 e. The van der Waals surface area contributed by atoms with Crippen molar-refractivity contribution < 1.29 is 35.5 Å². The van der Waals surface area contributed by atoms with Crippen LogP contribution in [0.4, 0.5) is 11.4 Å². The molecule has 26 heavy (non-hydrogen) atoms. The van der Waals surface area contributed by atoms with Crippen molar-refractivity contribution in [3.05, 3.63) is 34.2 Å². The maximum absolute atomic E-state index is 12.5. The van der Waals surface area contributed by atoms with Crippen LogP contribution in [-0.2, 0) is 4.74 Å². The average molecular weight is 368 g/mol. The van der Waals surface area contributed by atoms with Gasteiger partial charge in [-0.3, -0.25) is 0 Å². The molecule has 9 heteroatoms. The maximum Gasteiger partial charge on any atom is 0.338 e. The molecule has 1 aromatic rings. The molecule has 0 bridgehead atoms. The van der Waals surface area contributed by atoms with Crippen LogP contribution in [0.1, 0.15) is 44.0 Å². The highest BCUT2D eigenvalue weighted by Crippen LogP contribution is 2.66. The van der Waals surface area contributed by atoms with Crippen molar-refractivity contribution in [2.24, 2.45) is 17.3 Å². The summed E-state index contributed by atoms with van der Waals surface area (Å²) in [5.41, 5.74) is -1.85. The molecule has 0 aromatic heterocycles.